The number of thioether (sulfide) groups is 1. The number of nitrogens with zero attached hydrogens (tertiary/aromatic N) is 4. The molecule has 0 atom stereocenters. The van der Waals surface area contributed by atoms with Gasteiger partial charge in [-0.1, -0.05) is 19.1 Å². The van der Waals surface area contributed by atoms with Crippen LogP contribution < -0.4 is 5.32 Å². The first kappa shape index (κ1) is 19.0. The lowest BCUT2D eigenvalue weighted by atomic mass is 10.2. The molecule has 148 valence electrons. The van der Waals surface area contributed by atoms with E-state index in [1.165, 1.54) is 0 Å². The number of hydrogen-bond donors (Lipinski definition) is 1. The predicted molar refractivity (Wildman–Crippen MR) is 111 cm³/mol. The van der Waals surface area contributed by atoms with Crippen molar-refractivity contribution < 1.29 is 9.59 Å². The van der Waals surface area contributed by atoms with E-state index in [2.05, 4.69) is 17.1 Å². The zero-order valence-corrected chi connectivity index (χ0v) is 17.1. The molecule has 1 aromatic carbocycles. The van der Waals surface area contributed by atoms with E-state index < -0.39 is 11.8 Å². The van der Waals surface area contributed by atoms with Crippen molar-refractivity contribution in [3.05, 3.63) is 41.1 Å². The monoisotopic (exact) mass is 399 g/mol. The number of carbonyl (C=O) groups is 2. The van der Waals surface area contributed by atoms with Gasteiger partial charge in [-0.05, 0) is 31.2 Å². The summed E-state index contributed by atoms with van der Waals surface area (Å²) in [6.45, 7) is 7.89. The Bertz CT molecular complexity index is 902. The summed E-state index contributed by atoms with van der Waals surface area (Å²) < 4.78 is 1.76. The topological polar surface area (TPSA) is 70.5 Å². The molecule has 3 heterocycles. The zero-order chi connectivity index (χ0) is 19.7. The number of amides is 2. The number of nitrogens with one attached hydrogen (secondary N) is 1. The Morgan fingerprint density at radius 1 is 1.18 bits per heavy atom. The van der Waals surface area contributed by atoms with E-state index in [9.17, 15) is 9.59 Å². The van der Waals surface area contributed by atoms with Gasteiger partial charge in [-0.25, -0.2) is 4.68 Å². The minimum Gasteiger partial charge on any atom is -0.332 e. The molecule has 1 fully saturated rings. The molecule has 8 heteroatoms. The highest BCUT2D eigenvalue weighted by molar-refractivity contribution is 7.98. The fourth-order valence-corrected chi connectivity index (χ4v) is 4.69. The highest BCUT2D eigenvalue weighted by Gasteiger charge is 2.29. The van der Waals surface area contributed by atoms with Crippen LogP contribution in [-0.2, 0) is 21.1 Å². The van der Waals surface area contributed by atoms with E-state index in [-0.39, 0.29) is 0 Å². The van der Waals surface area contributed by atoms with Gasteiger partial charge in [0.25, 0.3) is 0 Å². The summed E-state index contributed by atoms with van der Waals surface area (Å²) >= 11 is 1.77. The smallest absolute Gasteiger partial charge is 0.315 e. The zero-order valence-electron chi connectivity index (χ0n) is 16.3. The molecule has 1 aromatic heterocycles. The number of benzene rings is 1. The number of hydrogen-bond acceptors (Lipinski definition) is 5. The Kier molecular flexibility index (Phi) is 5.41. The van der Waals surface area contributed by atoms with Crippen LogP contribution in [0, 0.1) is 6.92 Å². The molecule has 0 unspecified atom stereocenters. The summed E-state index contributed by atoms with van der Waals surface area (Å²) in [5, 5.41) is 7.57. The molecule has 0 saturated carbocycles. The summed E-state index contributed by atoms with van der Waals surface area (Å²) in [5.41, 5.74) is 4.00. The number of anilines is 1. The first-order chi connectivity index (χ1) is 13.6. The third kappa shape index (κ3) is 3.66. The Morgan fingerprint density at radius 3 is 2.68 bits per heavy atom. The highest BCUT2D eigenvalue weighted by atomic mass is 32.2. The van der Waals surface area contributed by atoms with Crippen LogP contribution in [0.2, 0.25) is 0 Å². The van der Waals surface area contributed by atoms with Gasteiger partial charge in [-0.2, -0.15) is 16.9 Å². The van der Waals surface area contributed by atoms with Crippen molar-refractivity contribution in [3.8, 4) is 5.69 Å². The third-order valence-electron chi connectivity index (χ3n) is 5.33. The van der Waals surface area contributed by atoms with E-state index in [1.807, 2.05) is 31.2 Å². The first-order valence-electron chi connectivity index (χ1n) is 9.65. The van der Waals surface area contributed by atoms with Gasteiger partial charge in [0.15, 0.2) is 0 Å². The molecule has 0 aliphatic carbocycles. The van der Waals surface area contributed by atoms with Crippen molar-refractivity contribution in [2.45, 2.75) is 25.4 Å². The molecule has 4 rings (SSSR count). The Hall–Kier alpha value is -2.32. The van der Waals surface area contributed by atoms with Gasteiger partial charge in [-0.3, -0.25) is 9.59 Å². The van der Waals surface area contributed by atoms with Crippen LogP contribution in [0.1, 0.15) is 23.7 Å². The minimum absolute atomic E-state index is 0.466. The molecule has 0 spiro atoms. The van der Waals surface area contributed by atoms with Gasteiger partial charge in [0.05, 0.1) is 11.4 Å². The molecule has 0 bridgehead atoms. The second-order valence-corrected chi connectivity index (χ2v) is 8.18. The maximum absolute atomic E-state index is 12.7. The van der Waals surface area contributed by atoms with Crippen LogP contribution in [0.3, 0.4) is 0 Å². The molecule has 2 aliphatic rings. The average molecular weight is 400 g/mol. The predicted octanol–water partition coefficient (Wildman–Crippen LogP) is 2.03. The Morgan fingerprint density at radius 2 is 1.96 bits per heavy atom. The maximum atomic E-state index is 12.7. The Balaban J connectivity index is 1.56. The van der Waals surface area contributed by atoms with Crippen molar-refractivity contribution in [3.63, 3.8) is 0 Å². The number of aromatic nitrogens is 2. The second kappa shape index (κ2) is 7.97. The third-order valence-corrected chi connectivity index (χ3v) is 6.30. The molecule has 28 heavy (non-hydrogen) atoms. The van der Waals surface area contributed by atoms with Gasteiger partial charge in [-0.15, -0.1) is 0 Å². The van der Waals surface area contributed by atoms with Crippen LogP contribution in [0.5, 0.6) is 0 Å². The normalized spacial score (nSPS) is 16.9. The minimum atomic E-state index is -0.585. The molecule has 1 N–H and O–H groups in total. The number of carbonyl (C=O) groups excluding carboxylic acids is 2. The van der Waals surface area contributed by atoms with Crippen molar-refractivity contribution in [2.75, 3.05) is 38.0 Å². The second-order valence-electron chi connectivity index (χ2n) is 7.20. The molecular weight excluding hydrogens is 374 g/mol. The van der Waals surface area contributed by atoms with Gasteiger partial charge < -0.3 is 15.1 Å². The molecule has 7 nitrogen and oxygen atoms in total. The number of rotatable bonds is 3. The maximum Gasteiger partial charge on any atom is 0.315 e. The average Bonchev–Trinajstić information content (AvgIpc) is 3.30. The highest BCUT2D eigenvalue weighted by Crippen LogP contribution is 2.36. The first-order valence-corrected chi connectivity index (χ1v) is 10.8. The van der Waals surface area contributed by atoms with Gasteiger partial charge in [0.2, 0.25) is 0 Å². The van der Waals surface area contributed by atoms with Crippen LogP contribution in [0.4, 0.5) is 5.82 Å². The van der Waals surface area contributed by atoms with Crippen LogP contribution in [0.15, 0.2) is 24.3 Å². The lowest BCUT2D eigenvalue weighted by Crippen LogP contribution is -2.51. The largest absolute Gasteiger partial charge is 0.332 e. The molecular formula is C20H25N5O2S. The van der Waals surface area contributed by atoms with Gasteiger partial charge in [0, 0.05) is 43.2 Å². The molecule has 0 radical (unpaired) electrons. The van der Waals surface area contributed by atoms with Crippen molar-refractivity contribution in [1.29, 1.82) is 0 Å². The summed E-state index contributed by atoms with van der Waals surface area (Å²) in [7, 11) is 0. The molecule has 2 aromatic rings. The standard InChI is InChI=1S/C20H25N5O2S/c1-3-23-7-9-24(10-8-23)20(27)19(26)21-18-16-12-28-13-17(16)22-25(18)15-6-4-5-14(2)11-15/h4-6,11H,3,7-10,12-13H2,1-2H3,(H,21,26). The molecule has 2 amide bonds. The molecule has 2 aliphatic heterocycles. The van der Waals surface area contributed by atoms with Crippen LogP contribution >= 0.6 is 11.8 Å². The van der Waals surface area contributed by atoms with Gasteiger partial charge in [0.1, 0.15) is 5.82 Å². The SMILES string of the molecule is CCN1CCN(C(=O)C(=O)Nc2c3c(nn2-c2cccc(C)c2)CSC3)CC1. The summed E-state index contributed by atoms with van der Waals surface area (Å²) in [5.74, 6) is 1.19. The Labute approximate surface area is 169 Å². The van der Waals surface area contributed by atoms with E-state index in [1.54, 1.807) is 21.3 Å². The number of likely N-dealkylation sites (N-methyl/N-ethyl adjacent to an activating group) is 1. The van der Waals surface area contributed by atoms with E-state index >= 15 is 0 Å². The summed E-state index contributed by atoms with van der Waals surface area (Å²) in [6.07, 6.45) is 0. The van der Waals surface area contributed by atoms with E-state index in [0.29, 0.717) is 18.9 Å². The summed E-state index contributed by atoms with van der Waals surface area (Å²) in [6, 6.07) is 7.98. The van der Waals surface area contributed by atoms with Crippen LogP contribution in [-0.4, -0.2) is 64.1 Å². The fourth-order valence-electron chi connectivity index (χ4n) is 3.66. The van der Waals surface area contributed by atoms with Crippen molar-refractivity contribution >= 4 is 29.4 Å². The van der Waals surface area contributed by atoms with Crippen LogP contribution in [0.25, 0.3) is 5.69 Å². The fraction of sp³-hybridized carbons (Fsp3) is 0.450. The summed E-state index contributed by atoms with van der Waals surface area (Å²) in [4.78, 5) is 29.3. The van der Waals surface area contributed by atoms with E-state index in [4.69, 9.17) is 5.10 Å². The number of fused-ring (bicyclic) bond motifs is 1. The van der Waals surface area contributed by atoms with E-state index in [0.717, 1.165) is 53.6 Å². The lowest BCUT2D eigenvalue weighted by Gasteiger charge is -2.33. The molecule has 1 saturated heterocycles. The number of aryl methyl sites for hydroxylation is 1. The lowest BCUT2D eigenvalue weighted by molar-refractivity contribution is -0.144. The van der Waals surface area contributed by atoms with Gasteiger partial charge >= 0.3 is 11.8 Å². The van der Waals surface area contributed by atoms with Crippen molar-refractivity contribution in [2.24, 2.45) is 0 Å². The number of piperazine rings is 1. The van der Waals surface area contributed by atoms with Crippen molar-refractivity contribution in [1.82, 2.24) is 19.6 Å². The quantitative estimate of drug-likeness (QED) is 0.800.